The molecule has 0 unspecified atom stereocenters. The third kappa shape index (κ3) is 3.70. The highest BCUT2D eigenvalue weighted by atomic mass is 16.5. The van der Waals surface area contributed by atoms with Crippen molar-refractivity contribution in [2.75, 3.05) is 5.73 Å². The molecule has 0 saturated carbocycles. The van der Waals surface area contributed by atoms with Crippen LogP contribution in [0.15, 0.2) is 18.2 Å². The van der Waals surface area contributed by atoms with Crippen molar-refractivity contribution in [1.82, 2.24) is 0 Å². The summed E-state index contributed by atoms with van der Waals surface area (Å²) in [4.78, 5) is 0. The van der Waals surface area contributed by atoms with Gasteiger partial charge in [-0.3, -0.25) is 0 Å². The van der Waals surface area contributed by atoms with Crippen LogP contribution in [-0.2, 0) is 0 Å². The minimum absolute atomic E-state index is 0.112. The maximum atomic E-state index is 5.70. The molecule has 2 N–H and O–H groups in total. The molecule has 1 rings (SSSR count). The van der Waals surface area contributed by atoms with E-state index in [1.165, 1.54) is 0 Å². The summed E-state index contributed by atoms with van der Waals surface area (Å²) < 4.78 is 11.2. The Hall–Kier alpha value is -1.38. The molecule has 84 valence electrons. The first-order chi connectivity index (χ1) is 6.99. The van der Waals surface area contributed by atoms with Crippen molar-refractivity contribution >= 4 is 5.69 Å². The topological polar surface area (TPSA) is 44.5 Å². The first-order valence-electron chi connectivity index (χ1n) is 5.22. The van der Waals surface area contributed by atoms with Crippen LogP contribution in [0.25, 0.3) is 0 Å². The predicted octanol–water partition coefficient (Wildman–Crippen LogP) is 2.84. The van der Waals surface area contributed by atoms with E-state index >= 15 is 0 Å². The third-order valence-electron chi connectivity index (χ3n) is 1.69. The van der Waals surface area contributed by atoms with Gasteiger partial charge in [0.25, 0.3) is 0 Å². The second-order valence-corrected chi connectivity index (χ2v) is 4.04. The highest BCUT2D eigenvalue weighted by molar-refractivity contribution is 5.52. The van der Waals surface area contributed by atoms with E-state index < -0.39 is 0 Å². The summed E-state index contributed by atoms with van der Waals surface area (Å²) in [6.07, 6.45) is 0.240. The van der Waals surface area contributed by atoms with Gasteiger partial charge in [0.15, 0.2) is 11.5 Å². The van der Waals surface area contributed by atoms with Crippen molar-refractivity contribution in [3.63, 3.8) is 0 Å². The minimum Gasteiger partial charge on any atom is -0.487 e. The Labute approximate surface area is 91.2 Å². The molecule has 0 atom stereocenters. The van der Waals surface area contributed by atoms with E-state index in [9.17, 15) is 0 Å². The van der Waals surface area contributed by atoms with Gasteiger partial charge in [-0.2, -0.15) is 0 Å². The molecule has 15 heavy (non-hydrogen) atoms. The van der Waals surface area contributed by atoms with E-state index in [1.54, 1.807) is 6.07 Å². The molecule has 3 nitrogen and oxygen atoms in total. The molecule has 1 aromatic rings. The summed E-state index contributed by atoms with van der Waals surface area (Å²) in [5, 5.41) is 0. The minimum atomic E-state index is 0.112. The number of benzene rings is 1. The van der Waals surface area contributed by atoms with Crippen LogP contribution >= 0.6 is 0 Å². The molecule has 0 heterocycles. The van der Waals surface area contributed by atoms with Crippen LogP contribution in [0.5, 0.6) is 11.5 Å². The Morgan fingerprint density at radius 3 is 2.00 bits per heavy atom. The van der Waals surface area contributed by atoms with Crippen LogP contribution in [-0.4, -0.2) is 12.2 Å². The molecule has 0 spiro atoms. The van der Waals surface area contributed by atoms with Gasteiger partial charge >= 0.3 is 0 Å². The number of rotatable bonds is 4. The maximum Gasteiger partial charge on any atom is 0.163 e. The molecule has 0 aliphatic heterocycles. The second-order valence-electron chi connectivity index (χ2n) is 4.04. The fourth-order valence-electron chi connectivity index (χ4n) is 1.22. The highest BCUT2D eigenvalue weighted by Crippen LogP contribution is 2.30. The largest absolute Gasteiger partial charge is 0.487 e. The Morgan fingerprint density at radius 1 is 0.933 bits per heavy atom. The molecule has 1 aromatic carbocycles. The normalized spacial score (nSPS) is 10.8. The molecule has 3 heteroatoms. The lowest BCUT2D eigenvalue weighted by Gasteiger charge is -2.17. The first-order valence-corrected chi connectivity index (χ1v) is 5.22. The van der Waals surface area contributed by atoms with Gasteiger partial charge < -0.3 is 15.2 Å². The van der Waals surface area contributed by atoms with Gasteiger partial charge in [-0.05, 0) is 39.8 Å². The fourth-order valence-corrected chi connectivity index (χ4v) is 1.22. The van der Waals surface area contributed by atoms with E-state index in [2.05, 4.69) is 0 Å². The number of ether oxygens (including phenoxy) is 2. The van der Waals surface area contributed by atoms with E-state index in [0.29, 0.717) is 11.4 Å². The van der Waals surface area contributed by atoms with E-state index in [-0.39, 0.29) is 12.2 Å². The number of hydrogen-bond acceptors (Lipinski definition) is 3. The summed E-state index contributed by atoms with van der Waals surface area (Å²) in [7, 11) is 0. The van der Waals surface area contributed by atoms with Crippen LogP contribution in [0.2, 0.25) is 0 Å². The highest BCUT2D eigenvalue weighted by Gasteiger charge is 2.08. The average molecular weight is 209 g/mol. The van der Waals surface area contributed by atoms with Crippen LogP contribution in [0.4, 0.5) is 5.69 Å². The summed E-state index contributed by atoms with van der Waals surface area (Å²) in [6, 6.07) is 5.44. The monoisotopic (exact) mass is 209 g/mol. The van der Waals surface area contributed by atoms with Crippen LogP contribution in [0.3, 0.4) is 0 Å². The van der Waals surface area contributed by atoms with Crippen molar-refractivity contribution in [3.05, 3.63) is 18.2 Å². The molecule has 0 amide bonds. The molecule has 0 aliphatic carbocycles. The van der Waals surface area contributed by atoms with Gasteiger partial charge in [-0.15, -0.1) is 0 Å². The zero-order chi connectivity index (χ0) is 11.4. The summed E-state index contributed by atoms with van der Waals surface area (Å²) in [5.41, 5.74) is 6.38. The van der Waals surface area contributed by atoms with Crippen molar-refractivity contribution < 1.29 is 9.47 Å². The molecule has 0 fully saturated rings. The predicted molar refractivity (Wildman–Crippen MR) is 62.4 cm³/mol. The summed E-state index contributed by atoms with van der Waals surface area (Å²) in [5.74, 6) is 1.45. The van der Waals surface area contributed by atoms with Crippen LogP contribution in [0.1, 0.15) is 27.7 Å². The van der Waals surface area contributed by atoms with Crippen LogP contribution in [0, 0.1) is 0 Å². The lowest BCUT2D eigenvalue weighted by Crippen LogP contribution is -2.11. The molecule has 0 aromatic heterocycles. The number of anilines is 1. The van der Waals surface area contributed by atoms with Gasteiger partial charge in [0.2, 0.25) is 0 Å². The summed E-state index contributed by atoms with van der Waals surface area (Å²) in [6.45, 7) is 7.91. The number of nitrogens with two attached hydrogens (primary N) is 1. The standard InChI is InChI=1S/C12H19NO2/c1-8(2)14-11-6-5-10(13)7-12(11)15-9(3)4/h5-9H,13H2,1-4H3. The summed E-state index contributed by atoms with van der Waals surface area (Å²) >= 11 is 0. The smallest absolute Gasteiger partial charge is 0.163 e. The van der Waals surface area contributed by atoms with Gasteiger partial charge in [0.05, 0.1) is 12.2 Å². The molecule has 0 radical (unpaired) electrons. The van der Waals surface area contributed by atoms with Crippen molar-refractivity contribution in [2.45, 2.75) is 39.9 Å². The third-order valence-corrected chi connectivity index (χ3v) is 1.69. The van der Waals surface area contributed by atoms with Crippen LogP contribution < -0.4 is 15.2 Å². The Balaban J connectivity index is 2.92. The fraction of sp³-hybridized carbons (Fsp3) is 0.500. The Bertz CT molecular complexity index is 321. The lowest BCUT2D eigenvalue weighted by molar-refractivity contribution is 0.199. The SMILES string of the molecule is CC(C)Oc1ccc(N)cc1OC(C)C. The molecule has 0 aliphatic rings. The van der Waals surface area contributed by atoms with Crippen molar-refractivity contribution in [1.29, 1.82) is 0 Å². The lowest BCUT2D eigenvalue weighted by atomic mass is 10.2. The average Bonchev–Trinajstić information content (AvgIpc) is 2.08. The number of hydrogen-bond donors (Lipinski definition) is 1. The van der Waals surface area contributed by atoms with E-state index in [4.69, 9.17) is 15.2 Å². The molecular weight excluding hydrogens is 190 g/mol. The zero-order valence-corrected chi connectivity index (χ0v) is 9.78. The van der Waals surface area contributed by atoms with E-state index in [0.717, 1.165) is 5.75 Å². The van der Waals surface area contributed by atoms with Gasteiger partial charge in [-0.25, -0.2) is 0 Å². The van der Waals surface area contributed by atoms with Crippen molar-refractivity contribution in [2.24, 2.45) is 0 Å². The Morgan fingerprint density at radius 2 is 1.47 bits per heavy atom. The van der Waals surface area contributed by atoms with E-state index in [1.807, 2.05) is 39.8 Å². The second kappa shape index (κ2) is 4.91. The Kier molecular flexibility index (Phi) is 3.83. The van der Waals surface area contributed by atoms with Gasteiger partial charge in [-0.1, -0.05) is 0 Å². The van der Waals surface area contributed by atoms with Gasteiger partial charge in [0, 0.05) is 11.8 Å². The quantitative estimate of drug-likeness (QED) is 0.775. The zero-order valence-electron chi connectivity index (χ0n) is 9.78. The maximum absolute atomic E-state index is 5.70. The molecule has 0 saturated heterocycles. The van der Waals surface area contributed by atoms with Crippen molar-refractivity contribution in [3.8, 4) is 11.5 Å². The first kappa shape index (κ1) is 11.7. The van der Waals surface area contributed by atoms with Gasteiger partial charge in [0.1, 0.15) is 0 Å². The number of nitrogen functional groups attached to an aromatic ring is 1. The molecular formula is C12H19NO2. The molecule has 0 bridgehead atoms.